The van der Waals surface area contributed by atoms with Crippen molar-refractivity contribution in [2.45, 2.75) is 9.92 Å². The zero-order valence-electron chi connectivity index (χ0n) is 8.19. The van der Waals surface area contributed by atoms with Gasteiger partial charge in [-0.25, -0.2) is 15.0 Å². The number of hydrogen-bond acceptors (Lipinski definition) is 5. The average molecular weight is 308 g/mol. The van der Waals surface area contributed by atoms with Crippen LogP contribution < -0.4 is 5.73 Å². The van der Waals surface area contributed by atoms with Crippen LogP contribution in [0.4, 0.5) is 5.82 Å². The normalized spacial score (nSPS) is 10.5. The Morgan fingerprint density at radius 2 is 1.88 bits per heavy atom. The van der Waals surface area contributed by atoms with E-state index in [0.29, 0.717) is 25.9 Å². The molecule has 2 aromatic heterocycles. The first-order valence-electron chi connectivity index (χ1n) is 4.33. The highest BCUT2D eigenvalue weighted by Gasteiger charge is 2.10. The van der Waals surface area contributed by atoms with Gasteiger partial charge in [0, 0.05) is 4.90 Å². The van der Waals surface area contributed by atoms with Crippen LogP contribution in [0.5, 0.6) is 0 Å². The lowest BCUT2D eigenvalue weighted by atomic mass is 10.5. The third kappa shape index (κ3) is 3.13. The van der Waals surface area contributed by atoms with Crippen LogP contribution in [0, 0.1) is 0 Å². The molecule has 0 aromatic carbocycles. The Labute approximate surface area is 117 Å². The minimum absolute atomic E-state index is 0.163. The molecular formula is C9H5Cl3N4S. The molecule has 88 valence electrons. The molecule has 2 aromatic rings. The summed E-state index contributed by atoms with van der Waals surface area (Å²) in [6, 6.07) is 1.62. The zero-order chi connectivity index (χ0) is 12.4. The number of nitrogen functional groups attached to an aromatic ring is 1. The molecule has 4 nitrogen and oxygen atoms in total. The Morgan fingerprint density at radius 3 is 2.53 bits per heavy atom. The first-order chi connectivity index (χ1) is 8.06. The molecule has 2 N–H and O–H groups in total. The monoisotopic (exact) mass is 306 g/mol. The van der Waals surface area contributed by atoms with Crippen LogP contribution in [0.15, 0.2) is 28.4 Å². The van der Waals surface area contributed by atoms with E-state index < -0.39 is 0 Å². The summed E-state index contributed by atoms with van der Waals surface area (Å²) in [7, 11) is 0. The van der Waals surface area contributed by atoms with Crippen molar-refractivity contribution in [3.8, 4) is 0 Å². The van der Waals surface area contributed by atoms with E-state index in [1.165, 1.54) is 24.2 Å². The summed E-state index contributed by atoms with van der Waals surface area (Å²) in [4.78, 5) is 12.5. The van der Waals surface area contributed by atoms with Crippen molar-refractivity contribution in [1.29, 1.82) is 0 Å². The first kappa shape index (κ1) is 12.7. The predicted molar refractivity (Wildman–Crippen MR) is 69.8 cm³/mol. The minimum Gasteiger partial charge on any atom is -0.384 e. The number of hydrogen-bond donors (Lipinski definition) is 1. The van der Waals surface area contributed by atoms with E-state index in [2.05, 4.69) is 15.0 Å². The number of anilines is 1. The Kier molecular flexibility index (Phi) is 3.93. The summed E-state index contributed by atoms with van der Waals surface area (Å²) in [5, 5.41) is 1.46. The summed E-state index contributed by atoms with van der Waals surface area (Å²) >= 11 is 18.7. The summed E-state index contributed by atoms with van der Waals surface area (Å²) in [5.41, 5.74) is 5.58. The highest BCUT2D eigenvalue weighted by Crippen LogP contribution is 2.36. The number of nitrogens with two attached hydrogens (primary N) is 1. The van der Waals surface area contributed by atoms with Crippen LogP contribution in [0.1, 0.15) is 0 Å². The van der Waals surface area contributed by atoms with E-state index in [1.807, 2.05) is 0 Å². The van der Waals surface area contributed by atoms with Crippen molar-refractivity contribution in [2.75, 3.05) is 5.73 Å². The number of aromatic nitrogens is 3. The van der Waals surface area contributed by atoms with Gasteiger partial charge < -0.3 is 5.73 Å². The van der Waals surface area contributed by atoms with Crippen LogP contribution in [-0.2, 0) is 0 Å². The summed E-state index contributed by atoms with van der Waals surface area (Å²) in [6.45, 7) is 0. The lowest BCUT2D eigenvalue weighted by molar-refractivity contribution is 1.05. The maximum absolute atomic E-state index is 6.00. The molecule has 0 aliphatic heterocycles. The lowest BCUT2D eigenvalue weighted by Crippen LogP contribution is -1.92. The van der Waals surface area contributed by atoms with Crippen LogP contribution in [0.2, 0.25) is 15.3 Å². The van der Waals surface area contributed by atoms with Crippen molar-refractivity contribution in [3.05, 3.63) is 33.8 Å². The van der Waals surface area contributed by atoms with Crippen molar-refractivity contribution in [3.63, 3.8) is 0 Å². The van der Waals surface area contributed by atoms with Gasteiger partial charge in [-0.1, -0.05) is 46.6 Å². The van der Waals surface area contributed by atoms with E-state index >= 15 is 0 Å². The van der Waals surface area contributed by atoms with Gasteiger partial charge in [0.15, 0.2) is 5.15 Å². The molecular weight excluding hydrogens is 303 g/mol. The standard InChI is InChI=1S/C9H5Cl3N4S/c10-5-2-15-7(3-14-5)17-4-1-6(13)16-9(12)8(4)11/h1-3H,(H2,13,16). The molecule has 0 atom stereocenters. The second kappa shape index (κ2) is 5.27. The molecule has 0 spiro atoms. The van der Waals surface area contributed by atoms with E-state index in [9.17, 15) is 0 Å². The van der Waals surface area contributed by atoms with Crippen molar-refractivity contribution in [1.82, 2.24) is 15.0 Å². The highest BCUT2D eigenvalue weighted by atomic mass is 35.5. The number of rotatable bonds is 2. The predicted octanol–water partition coefficient (Wildman–Crippen LogP) is 3.57. The molecule has 2 rings (SSSR count). The molecule has 0 radical (unpaired) electrons. The molecule has 0 aliphatic rings. The van der Waals surface area contributed by atoms with Crippen LogP contribution in [-0.4, -0.2) is 15.0 Å². The SMILES string of the molecule is Nc1cc(Sc2cnc(Cl)cn2)c(Cl)c(Cl)n1. The van der Waals surface area contributed by atoms with Gasteiger partial charge in [-0.2, -0.15) is 0 Å². The molecule has 0 saturated heterocycles. The van der Waals surface area contributed by atoms with Gasteiger partial charge in [0.2, 0.25) is 0 Å². The molecule has 8 heteroatoms. The Hall–Kier alpha value is -0.750. The van der Waals surface area contributed by atoms with Gasteiger partial charge >= 0.3 is 0 Å². The fraction of sp³-hybridized carbons (Fsp3) is 0. The number of halogens is 3. The van der Waals surface area contributed by atoms with Crippen molar-refractivity contribution >= 4 is 52.4 Å². The van der Waals surface area contributed by atoms with Gasteiger partial charge in [-0.05, 0) is 6.07 Å². The number of pyridine rings is 1. The van der Waals surface area contributed by atoms with Gasteiger partial charge in [-0.15, -0.1) is 0 Å². The molecule has 0 aliphatic carbocycles. The fourth-order valence-electron chi connectivity index (χ4n) is 1.03. The van der Waals surface area contributed by atoms with Gasteiger partial charge in [-0.3, -0.25) is 0 Å². The molecule has 2 heterocycles. The molecule has 0 bridgehead atoms. The molecule has 0 saturated carbocycles. The van der Waals surface area contributed by atoms with Gasteiger partial charge in [0.05, 0.1) is 17.4 Å². The van der Waals surface area contributed by atoms with Crippen LogP contribution in [0.25, 0.3) is 0 Å². The fourth-order valence-corrected chi connectivity index (χ4v) is 2.40. The summed E-state index contributed by atoms with van der Waals surface area (Å²) < 4.78 is 0. The maximum atomic E-state index is 6.00. The van der Waals surface area contributed by atoms with E-state index in [0.717, 1.165) is 0 Å². The van der Waals surface area contributed by atoms with Crippen molar-refractivity contribution in [2.24, 2.45) is 0 Å². The Balaban J connectivity index is 2.32. The quantitative estimate of drug-likeness (QED) is 0.859. The smallest absolute Gasteiger partial charge is 0.151 e. The molecule has 17 heavy (non-hydrogen) atoms. The lowest BCUT2D eigenvalue weighted by Gasteiger charge is -2.05. The topological polar surface area (TPSA) is 64.7 Å². The largest absolute Gasteiger partial charge is 0.384 e. The van der Waals surface area contributed by atoms with E-state index in [4.69, 9.17) is 40.5 Å². The zero-order valence-corrected chi connectivity index (χ0v) is 11.3. The summed E-state index contributed by atoms with van der Waals surface area (Å²) in [5.74, 6) is 0.295. The molecule has 0 unspecified atom stereocenters. The van der Waals surface area contributed by atoms with Gasteiger partial charge in [0.1, 0.15) is 16.0 Å². The third-order valence-electron chi connectivity index (χ3n) is 1.71. The number of nitrogens with zero attached hydrogens (tertiary/aromatic N) is 3. The molecule has 0 amide bonds. The van der Waals surface area contributed by atoms with E-state index in [-0.39, 0.29) is 5.15 Å². The van der Waals surface area contributed by atoms with Crippen LogP contribution in [0.3, 0.4) is 0 Å². The minimum atomic E-state index is 0.163. The van der Waals surface area contributed by atoms with Crippen molar-refractivity contribution < 1.29 is 0 Å². The summed E-state index contributed by atoms with van der Waals surface area (Å²) in [6.07, 6.45) is 2.98. The second-order valence-electron chi connectivity index (χ2n) is 2.93. The van der Waals surface area contributed by atoms with Crippen LogP contribution >= 0.6 is 46.6 Å². The Bertz CT molecular complexity index is 547. The maximum Gasteiger partial charge on any atom is 0.151 e. The molecule has 0 fully saturated rings. The second-order valence-corrected chi connectivity index (χ2v) is 5.11. The van der Waals surface area contributed by atoms with E-state index in [1.54, 1.807) is 6.07 Å². The Morgan fingerprint density at radius 1 is 1.12 bits per heavy atom. The highest BCUT2D eigenvalue weighted by molar-refractivity contribution is 7.99. The van der Waals surface area contributed by atoms with Gasteiger partial charge in [0.25, 0.3) is 0 Å². The third-order valence-corrected chi connectivity index (χ3v) is 3.74. The first-order valence-corrected chi connectivity index (χ1v) is 6.28. The average Bonchev–Trinajstić information content (AvgIpc) is 2.28.